The fourth-order valence-electron chi connectivity index (χ4n) is 1.69. The Balaban J connectivity index is 2.39. The molecule has 1 saturated heterocycles. The summed E-state index contributed by atoms with van der Waals surface area (Å²) in [5.74, 6) is 0.135. The highest BCUT2D eigenvalue weighted by molar-refractivity contribution is 6.14. The number of aryl methyl sites for hydroxylation is 1. The highest BCUT2D eigenvalue weighted by Gasteiger charge is 2.30. The first-order chi connectivity index (χ1) is 7.61. The van der Waals surface area contributed by atoms with Gasteiger partial charge in [0.1, 0.15) is 11.9 Å². The van der Waals surface area contributed by atoms with Gasteiger partial charge < -0.3 is 0 Å². The number of nitriles is 1. The number of pyridine rings is 1. The number of hydrogen-bond donors (Lipinski definition) is 0. The molecule has 80 valence electrons. The van der Waals surface area contributed by atoms with Gasteiger partial charge in [-0.15, -0.1) is 0 Å². The molecule has 1 aromatic rings. The Labute approximate surface area is 92.3 Å². The van der Waals surface area contributed by atoms with Gasteiger partial charge in [-0.3, -0.25) is 14.5 Å². The standard InChI is InChI=1S/C11H9N3O2/c1-7-2-8(4-12)5-13-11(7)14-6-9(15)3-10(14)16/h2,5H,3,6H2,1H3. The van der Waals surface area contributed by atoms with Gasteiger partial charge in [-0.25, -0.2) is 4.98 Å². The summed E-state index contributed by atoms with van der Waals surface area (Å²) in [4.78, 5) is 28.0. The van der Waals surface area contributed by atoms with Gasteiger partial charge in [0.2, 0.25) is 5.91 Å². The summed E-state index contributed by atoms with van der Waals surface area (Å²) in [6.07, 6.45) is 1.35. The van der Waals surface area contributed by atoms with Gasteiger partial charge in [0.25, 0.3) is 0 Å². The molecule has 1 aromatic heterocycles. The van der Waals surface area contributed by atoms with Crippen LogP contribution in [0.15, 0.2) is 12.3 Å². The molecular formula is C11H9N3O2. The van der Waals surface area contributed by atoms with E-state index < -0.39 is 0 Å². The first-order valence-corrected chi connectivity index (χ1v) is 4.80. The molecular weight excluding hydrogens is 206 g/mol. The summed E-state index contributed by atoms with van der Waals surface area (Å²) in [6.45, 7) is 1.85. The summed E-state index contributed by atoms with van der Waals surface area (Å²) in [6, 6.07) is 3.62. The zero-order chi connectivity index (χ0) is 11.7. The second-order valence-electron chi connectivity index (χ2n) is 3.67. The minimum atomic E-state index is -0.231. The average Bonchev–Trinajstić information content (AvgIpc) is 2.57. The number of aromatic nitrogens is 1. The third kappa shape index (κ3) is 1.65. The molecule has 1 amide bonds. The summed E-state index contributed by atoms with van der Waals surface area (Å²) in [5.41, 5.74) is 1.17. The van der Waals surface area contributed by atoms with E-state index in [1.54, 1.807) is 13.0 Å². The Hall–Kier alpha value is -2.22. The Morgan fingerprint density at radius 2 is 2.25 bits per heavy atom. The van der Waals surface area contributed by atoms with Crippen molar-refractivity contribution in [3.05, 3.63) is 23.4 Å². The summed E-state index contributed by atoms with van der Waals surface area (Å²) < 4.78 is 0. The lowest BCUT2D eigenvalue weighted by Crippen LogP contribution is -2.26. The van der Waals surface area contributed by atoms with Crippen molar-refractivity contribution in [2.24, 2.45) is 0 Å². The third-order valence-electron chi connectivity index (χ3n) is 2.42. The molecule has 0 radical (unpaired) electrons. The molecule has 0 spiro atoms. The van der Waals surface area contributed by atoms with Crippen molar-refractivity contribution in [3.63, 3.8) is 0 Å². The number of ketones is 1. The molecule has 0 aliphatic carbocycles. The van der Waals surface area contributed by atoms with Crippen molar-refractivity contribution in [3.8, 4) is 6.07 Å². The van der Waals surface area contributed by atoms with Crippen LogP contribution < -0.4 is 4.90 Å². The van der Waals surface area contributed by atoms with Gasteiger partial charge in [0, 0.05) is 6.20 Å². The van der Waals surface area contributed by atoms with Crippen molar-refractivity contribution in [1.29, 1.82) is 5.26 Å². The number of rotatable bonds is 1. The van der Waals surface area contributed by atoms with Gasteiger partial charge in [-0.1, -0.05) is 0 Å². The van der Waals surface area contributed by atoms with E-state index in [0.717, 1.165) is 5.56 Å². The van der Waals surface area contributed by atoms with Crippen molar-refractivity contribution >= 4 is 17.5 Å². The number of carbonyl (C=O) groups excluding carboxylic acids is 2. The van der Waals surface area contributed by atoms with Crippen LogP contribution in [0, 0.1) is 18.3 Å². The minimum Gasteiger partial charge on any atom is -0.297 e. The van der Waals surface area contributed by atoms with E-state index in [1.807, 2.05) is 6.07 Å². The molecule has 0 atom stereocenters. The summed E-state index contributed by atoms with van der Waals surface area (Å²) in [7, 11) is 0. The van der Waals surface area contributed by atoms with Gasteiger partial charge >= 0.3 is 0 Å². The van der Waals surface area contributed by atoms with E-state index in [4.69, 9.17) is 5.26 Å². The summed E-state index contributed by atoms with van der Waals surface area (Å²) in [5, 5.41) is 8.69. The van der Waals surface area contributed by atoms with Crippen LogP contribution in [-0.2, 0) is 9.59 Å². The molecule has 16 heavy (non-hydrogen) atoms. The number of amides is 1. The van der Waals surface area contributed by atoms with E-state index >= 15 is 0 Å². The van der Waals surface area contributed by atoms with Crippen molar-refractivity contribution in [1.82, 2.24) is 4.98 Å². The smallest absolute Gasteiger partial charge is 0.236 e. The molecule has 0 saturated carbocycles. The van der Waals surface area contributed by atoms with E-state index in [1.165, 1.54) is 11.1 Å². The number of hydrogen-bond acceptors (Lipinski definition) is 4. The largest absolute Gasteiger partial charge is 0.297 e. The highest BCUT2D eigenvalue weighted by Crippen LogP contribution is 2.21. The van der Waals surface area contributed by atoms with Gasteiger partial charge in [-0.05, 0) is 18.6 Å². The molecule has 5 nitrogen and oxygen atoms in total. The number of nitrogens with zero attached hydrogens (tertiary/aromatic N) is 3. The molecule has 2 heterocycles. The second kappa shape index (κ2) is 3.74. The van der Waals surface area contributed by atoms with Crippen LogP contribution in [0.25, 0.3) is 0 Å². The first-order valence-electron chi connectivity index (χ1n) is 4.80. The number of carbonyl (C=O) groups is 2. The van der Waals surface area contributed by atoms with Gasteiger partial charge in [0.05, 0.1) is 18.5 Å². The zero-order valence-corrected chi connectivity index (χ0v) is 8.73. The lowest BCUT2D eigenvalue weighted by Gasteiger charge is -2.15. The van der Waals surface area contributed by atoms with E-state index in [9.17, 15) is 9.59 Å². The van der Waals surface area contributed by atoms with Crippen LogP contribution >= 0.6 is 0 Å². The molecule has 0 bridgehead atoms. The lowest BCUT2D eigenvalue weighted by molar-refractivity contribution is -0.121. The molecule has 0 N–H and O–H groups in total. The van der Waals surface area contributed by atoms with Crippen molar-refractivity contribution in [2.75, 3.05) is 11.4 Å². The molecule has 1 aliphatic rings. The van der Waals surface area contributed by atoms with Crippen LogP contribution in [0.4, 0.5) is 5.82 Å². The quantitative estimate of drug-likeness (QED) is 0.642. The first kappa shape index (κ1) is 10.3. The van der Waals surface area contributed by atoms with Crippen LogP contribution in [0.2, 0.25) is 0 Å². The fourth-order valence-corrected chi connectivity index (χ4v) is 1.69. The van der Waals surface area contributed by atoms with Crippen molar-refractivity contribution in [2.45, 2.75) is 13.3 Å². The van der Waals surface area contributed by atoms with E-state index in [0.29, 0.717) is 11.4 Å². The van der Waals surface area contributed by atoms with Crippen molar-refractivity contribution < 1.29 is 9.59 Å². The minimum absolute atomic E-state index is 0.0544. The molecule has 2 rings (SSSR count). The van der Waals surface area contributed by atoms with E-state index in [-0.39, 0.29) is 24.7 Å². The maximum Gasteiger partial charge on any atom is 0.236 e. The van der Waals surface area contributed by atoms with Gasteiger partial charge in [0.15, 0.2) is 5.78 Å². The summed E-state index contributed by atoms with van der Waals surface area (Å²) >= 11 is 0. The Morgan fingerprint density at radius 1 is 1.50 bits per heavy atom. The second-order valence-corrected chi connectivity index (χ2v) is 3.67. The highest BCUT2D eigenvalue weighted by atomic mass is 16.2. The normalized spacial score (nSPS) is 15.4. The predicted octanol–water partition coefficient (Wildman–Crippen LogP) is 0.567. The average molecular weight is 215 g/mol. The Morgan fingerprint density at radius 3 is 2.75 bits per heavy atom. The van der Waals surface area contributed by atoms with Crippen LogP contribution in [0.5, 0.6) is 0 Å². The molecule has 1 fully saturated rings. The van der Waals surface area contributed by atoms with Crippen LogP contribution in [-0.4, -0.2) is 23.2 Å². The predicted molar refractivity (Wildman–Crippen MR) is 55.7 cm³/mol. The lowest BCUT2D eigenvalue weighted by atomic mass is 10.2. The van der Waals surface area contributed by atoms with E-state index in [2.05, 4.69) is 4.98 Å². The number of anilines is 1. The van der Waals surface area contributed by atoms with Crippen LogP contribution in [0.1, 0.15) is 17.5 Å². The van der Waals surface area contributed by atoms with Gasteiger partial charge in [-0.2, -0.15) is 5.26 Å². The maximum atomic E-state index is 11.5. The zero-order valence-electron chi connectivity index (χ0n) is 8.73. The fraction of sp³-hybridized carbons (Fsp3) is 0.273. The number of Topliss-reactive ketones (excluding diaryl/α,β-unsaturated/α-hetero) is 1. The maximum absolute atomic E-state index is 11.5. The Kier molecular flexibility index (Phi) is 2.41. The Bertz CT molecular complexity index is 516. The third-order valence-corrected chi connectivity index (χ3v) is 2.42. The van der Waals surface area contributed by atoms with Crippen LogP contribution in [0.3, 0.4) is 0 Å². The molecule has 0 aromatic carbocycles. The molecule has 1 aliphatic heterocycles. The SMILES string of the molecule is Cc1cc(C#N)cnc1N1CC(=O)CC1=O. The monoisotopic (exact) mass is 215 g/mol. The molecule has 0 unspecified atom stereocenters. The topological polar surface area (TPSA) is 74.1 Å². The molecule has 5 heteroatoms.